The number of nitrogens with one attached hydrogen (secondary N) is 1. The molecular formula is C33H50N4O6S. The van der Waals surface area contributed by atoms with Gasteiger partial charge in [0.2, 0.25) is 5.91 Å². The molecule has 0 bridgehead atoms. The zero-order valence-electron chi connectivity index (χ0n) is 27.2. The number of carbonyl (C=O) groups is 4. The van der Waals surface area contributed by atoms with E-state index < -0.39 is 35.9 Å². The molecule has 10 nitrogen and oxygen atoms in total. The van der Waals surface area contributed by atoms with Gasteiger partial charge in [0, 0.05) is 49.5 Å². The number of nitrogens with two attached hydrogens (primary N) is 1. The smallest absolute Gasteiger partial charge is 0.306 e. The molecule has 0 saturated heterocycles. The SMILES string of the molecule is CCCN(C(=O)C[C@@H](C)CC)C(C[C@@H](OC(C)=O)c1nc(C(=O)N[C@@H](Cc2ccc(N)cc2)C[C@H](C)C(=O)O)cs1)C(C)C. The third kappa shape index (κ3) is 11.6. The fourth-order valence-corrected chi connectivity index (χ4v) is 5.95. The molecule has 2 rings (SSSR count). The van der Waals surface area contributed by atoms with Crippen molar-refractivity contribution in [1.82, 2.24) is 15.2 Å². The van der Waals surface area contributed by atoms with Crippen LogP contribution in [0.3, 0.4) is 0 Å². The minimum atomic E-state index is -0.943. The molecule has 11 heteroatoms. The van der Waals surface area contributed by atoms with E-state index in [0.29, 0.717) is 36.5 Å². The Morgan fingerprint density at radius 2 is 1.73 bits per heavy atom. The number of benzene rings is 1. The van der Waals surface area contributed by atoms with Crippen LogP contribution in [0.1, 0.15) is 108 Å². The summed E-state index contributed by atoms with van der Waals surface area (Å²) in [7, 11) is 0. The first-order chi connectivity index (χ1) is 20.7. The minimum absolute atomic E-state index is 0.0865. The second kappa shape index (κ2) is 17.7. The van der Waals surface area contributed by atoms with Crippen molar-refractivity contribution < 1.29 is 29.0 Å². The van der Waals surface area contributed by atoms with Crippen LogP contribution in [0, 0.1) is 17.8 Å². The maximum atomic E-state index is 13.4. The van der Waals surface area contributed by atoms with Crippen molar-refractivity contribution in [3.8, 4) is 0 Å². The Hall–Kier alpha value is -3.47. The average Bonchev–Trinajstić information content (AvgIpc) is 3.45. The number of hydrogen-bond acceptors (Lipinski definition) is 8. The molecule has 0 radical (unpaired) electrons. The number of nitrogens with zero attached hydrogens (tertiary/aromatic N) is 2. The Morgan fingerprint density at radius 3 is 2.27 bits per heavy atom. The highest BCUT2D eigenvalue weighted by Gasteiger charge is 2.32. The zero-order chi connectivity index (χ0) is 33.0. The van der Waals surface area contributed by atoms with Gasteiger partial charge in [0.05, 0.1) is 5.92 Å². The molecule has 0 aliphatic rings. The van der Waals surface area contributed by atoms with Crippen LogP contribution in [0.5, 0.6) is 0 Å². The number of rotatable bonds is 18. The van der Waals surface area contributed by atoms with Gasteiger partial charge in [-0.15, -0.1) is 11.3 Å². The summed E-state index contributed by atoms with van der Waals surface area (Å²) >= 11 is 1.22. The topological polar surface area (TPSA) is 152 Å². The molecule has 0 spiro atoms. The molecule has 0 aliphatic carbocycles. The molecule has 0 fully saturated rings. The average molecular weight is 631 g/mol. The van der Waals surface area contributed by atoms with E-state index in [-0.39, 0.29) is 35.9 Å². The van der Waals surface area contributed by atoms with Crippen LogP contribution in [0.25, 0.3) is 0 Å². The van der Waals surface area contributed by atoms with Crippen molar-refractivity contribution in [2.45, 2.75) is 105 Å². The van der Waals surface area contributed by atoms with Crippen LogP contribution < -0.4 is 11.1 Å². The Labute approximate surface area is 265 Å². The minimum Gasteiger partial charge on any atom is -0.481 e. The fourth-order valence-electron chi connectivity index (χ4n) is 5.11. The molecule has 2 aromatic rings. The van der Waals surface area contributed by atoms with E-state index in [4.69, 9.17) is 10.5 Å². The van der Waals surface area contributed by atoms with Gasteiger partial charge in [0.15, 0.2) is 6.10 Å². The predicted molar refractivity (Wildman–Crippen MR) is 173 cm³/mol. The third-order valence-corrected chi connectivity index (χ3v) is 8.76. The Balaban J connectivity index is 2.30. The summed E-state index contributed by atoms with van der Waals surface area (Å²) in [6.45, 7) is 13.8. The van der Waals surface area contributed by atoms with Crippen LogP contribution in [0.15, 0.2) is 29.6 Å². The molecule has 244 valence electrons. The van der Waals surface area contributed by atoms with E-state index in [1.807, 2.05) is 24.0 Å². The lowest BCUT2D eigenvalue weighted by molar-refractivity contribution is -0.149. The lowest BCUT2D eigenvalue weighted by Crippen LogP contribution is -2.45. The molecule has 1 unspecified atom stereocenters. The van der Waals surface area contributed by atoms with Crippen molar-refractivity contribution in [2.75, 3.05) is 12.3 Å². The Morgan fingerprint density at radius 1 is 1.07 bits per heavy atom. The number of esters is 1. The van der Waals surface area contributed by atoms with Gasteiger partial charge in [-0.1, -0.05) is 60.1 Å². The zero-order valence-corrected chi connectivity index (χ0v) is 28.0. The molecule has 1 aromatic carbocycles. The molecular weight excluding hydrogens is 580 g/mol. The monoisotopic (exact) mass is 630 g/mol. The standard InChI is InChI=1S/C33H50N4O6S/c1-8-14-37(30(39)15-21(5)9-2)28(20(3)4)18-29(43-23(7)38)32-36-27(19-44-32)31(40)35-26(16-22(6)33(41)42)17-24-10-12-25(34)13-11-24/h10-13,19-22,26,28-29H,8-9,14-18,34H2,1-7H3,(H,35,40)(H,41,42)/t21-,22-,26+,28?,29+/m0/s1. The summed E-state index contributed by atoms with van der Waals surface area (Å²) in [5.74, 6) is -2.09. The highest BCUT2D eigenvalue weighted by molar-refractivity contribution is 7.09. The lowest BCUT2D eigenvalue weighted by atomic mass is 9.94. The quantitative estimate of drug-likeness (QED) is 0.137. The summed E-state index contributed by atoms with van der Waals surface area (Å²) in [4.78, 5) is 57.0. The largest absolute Gasteiger partial charge is 0.481 e. The highest BCUT2D eigenvalue weighted by Crippen LogP contribution is 2.31. The number of anilines is 1. The first-order valence-electron chi connectivity index (χ1n) is 15.6. The summed E-state index contributed by atoms with van der Waals surface area (Å²) in [5.41, 5.74) is 7.49. The summed E-state index contributed by atoms with van der Waals surface area (Å²) in [5, 5.41) is 14.5. The third-order valence-electron chi connectivity index (χ3n) is 7.83. The number of hydrogen-bond donors (Lipinski definition) is 3. The van der Waals surface area contributed by atoms with E-state index in [9.17, 15) is 24.3 Å². The second-order valence-electron chi connectivity index (χ2n) is 12.1. The number of thiazole rings is 1. The molecule has 0 saturated carbocycles. The van der Waals surface area contributed by atoms with Gasteiger partial charge in [-0.25, -0.2) is 4.98 Å². The molecule has 0 aliphatic heterocycles. The van der Waals surface area contributed by atoms with Gasteiger partial charge in [-0.05, 0) is 48.8 Å². The maximum absolute atomic E-state index is 13.4. The number of aliphatic carboxylic acids is 1. The van der Waals surface area contributed by atoms with Crippen LogP contribution in [0.4, 0.5) is 5.69 Å². The molecule has 1 heterocycles. The molecule has 5 atom stereocenters. The highest BCUT2D eigenvalue weighted by atomic mass is 32.1. The van der Waals surface area contributed by atoms with E-state index in [1.54, 1.807) is 24.4 Å². The van der Waals surface area contributed by atoms with Crippen molar-refractivity contribution in [2.24, 2.45) is 17.8 Å². The predicted octanol–water partition coefficient (Wildman–Crippen LogP) is 5.87. The summed E-state index contributed by atoms with van der Waals surface area (Å²) in [6.07, 6.45) is 2.43. The van der Waals surface area contributed by atoms with Gasteiger partial charge < -0.3 is 25.8 Å². The molecule has 4 N–H and O–H groups in total. The van der Waals surface area contributed by atoms with Gasteiger partial charge >= 0.3 is 11.9 Å². The first kappa shape index (κ1) is 36.7. The van der Waals surface area contributed by atoms with Crippen LogP contribution in [-0.4, -0.2) is 57.4 Å². The lowest BCUT2D eigenvalue weighted by Gasteiger charge is -2.36. The molecule has 1 aromatic heterocycles. The Kier molecular flexibility index (Phi) is 14.8. The van der Waals surface area contributed by atoms with E-state index in [1.165, 1.54) is 18.3 Å². The number of carboxylic acids is 1. The number of ether oxygens (including phenoxy) is 1. The summed E-state index contributed by atoms with van der Waals surface area (Å²) < 4.78 is 5.73. The van der Waals surface area contributed by atoms with Crippen molar-refractivity contribution in [3.05, 3.63) is 45.9 Å². The normalized spacial score (nSPS) is 14.7. The van der Waals surface area contributed by atoms with E-state index in [0.717, 1.165) is 18.4 Å². The first-order valence-corrected chi connectivity index (χ1v) is 16.4. The van der Waals surface area contributed by atoms with Crippen molar-refractivity contribution in [1.29, 1.82) is 0 Å². The Bertz CT molecular complexity index is 1230. The molecule has 44 heavy (non-hydrogen) atoms. The number of carbonyl (C=O) groups excluding carboxylic acids is 3. The van der Waals surface area contributed by atoms with Crippen LogP contribution in [0.2, 0.25) is 0 Å². The van der Waals surface area contributed by atoms with Crippen molar-refractivity contribution in [3.63, 3.8) is 0 Å². The second-order valence-corrected chi connectivity index (χ2v) is 13.0. The van der Waals surface area contributed by atoms with Gasteiger partial charge in [0.25, 0.3) is 5.91 Å². The van der Waals surface area contributed by atoms with Gasteiger partial charge in [-0.2, -0.15) is 0 Å². The number of aromatic nitrogens is 1. The molecule has 2 amide bonds. The van der Waals surface area contributed by atoms with Crippen LogP contribution >= 0.6 is 11.3 Å². The van der Waals surface area contributed by atoms with Gasteiger partial charge in [-0.3, -0.25) is 19.2 Å². The van der Waals surface area contributed by atoms with Gasteiger partial charge in [0.1, 0.15) is 10.7 Å². The van der Waals surface area contributed by atoms with Crippen molar-refractivity contribution >= 4 is 40.8 Å². The van der Waals surface area contributed by atoms with Crippen LogP contribution in [-0.2, 0) is 25.5 Å². The fraction of sp³-hybridized carbons (Fsp3) is 0.606. The summed E-state index contributed by atoms with van der Waals surface area (Å²) in [6, 6.07) is 6.58. The van der Waals surface area contributed by atoms with E-state index in [2.05, 4.69) is 38.0 Å². The maximum Gasteiger partial charge on any atom is 0.306 e. The number of amides is 2. The van der Waals surface area contributed by atoms with E-state index >= 15 is 0 Å². The number of nitrogen functional groups attached to an aromatic ring is 1. The number of carboxylic acid groups (broad SMARTS) is 1.